The van der Waals surface area contributed by atoms with E-state index in [4.69, 9.17) is 4.74 Å². The maximum Gasteiger partial charge on any atom is 0.246 e. The van der Waals surface area contributed by atoms with Gasteiger partial charge in [-0.25, -0.2) is 0 Å². The number of benzene rings is 1. The minimum atomic E-state index is -0.622. The summed E-state index contributed by atoms with van der Waals surface area (Å²) in [6, 6.07) is 9.51. The Labute approximate surface area is 126 Å². The van der Waals surface area contributed by atoms with Crippen molar-refractivity contribution in [1.82, 2.24) is 4.90 Å². The van der Waals surface area contributed by atoms with Gasteiger partial charge in [-0.2, -0.15) is 0 Å². The van der Waals surface area contributed by atoms with Crippen molar-refractivity contribution in [3.8, 4) is 0 Å². The summed E-state index contributed by atoms with van der Waals surface area (Å²) in [6.45, 7) is 0. The van der Waals surface area contributed by atoms with E-state index >= 15 is 0 Å². The molecule has 1 aliphatic carbocycles. The SMILES string of the molecule is CO[C@@H]1CCC[C@@H](N(C)C(=O)/C=C/c2ccccc2)[C@H]1O. The van der Waals surface area contributed by atoms with Crippen LogP contribution in [0.5, 0.6) is 0 Å². The zero-order valence-corrected chi connectivity index (χ0v) is 12.6. The molecule has 1 amide bonds. The minimum absolute atomic E-state index is 0.0975. The van der Waals surface area contributed by atoms with E-state index in [9.17, 15) is 9.90 Å². The zero-order chi connectivity index (χ0) is 15.2. The number of nitrogens with zero attached hydrogens (tertiary/aromatic N) is 1. The first kappa shape index (κ1) is 15.7. The highest BCUT2D eigenvalue weighted by molar-refractivity contribution is 5.91. The van der Waals surface area contributed by atoms with Crippen LogP contribution in [0.4, 0.5) is 0 Å². The maximum absolute atomic E-state index is 12.2. The fraction of sp³-hybridized carbons (Fsp3) is 0.471. The number of aliphatic hydroxyl groups excluding tert-OH is 1. The van der Waals surface area contributed by atoms with Gasteiger partial charge in [0.15, 0.2) is 0 Å². The first-order chi connectivity index (χ1) is 10.1. The summed E-state index contributed by atoms with van der Waals surface area (Å²) in [5, 5.41) is 10.3. The molecule has 4 nitrogen and oxygen atoms in total. The molecule has 0 heterocycles. The largest absolute Gasteiger partial charge is 0.388 e. The smallest absolute Gasteiger partial charge is 0.246 e. The number of carbonyl (C=O) groups is 1. The van der Waals surface area contributed by atoms with E-state index in [1.54, 1.807) is 31.2 Å². The van der Waals surface area contributed by atoms with E-state index in [-0.39, 0.29) is 18.1 Å². The molecule has 0 unspecified atom stereocenters. The van der Waals surface area contributed by atoms with Crippen LogP contribution in [0, 0.1) is 0 Å². The number of rotatable bonds is 4. The molecule has 0 spiro atoms. The molecule has 0 saturated heterocycles. The van der Waals surface area contributed by atoms with Crippen molar-refractivity contribution >= 4 is 12.0 Å². The zero-order valence-electron chi connectivity index (χ0n) is 12.6. The molecule has 1 fully saturated rings. The highest BCUT2D eigenvalue weighted by Gasteiger charge is 2.35. The van der Waals surface area contributed by atoms with Gasteiger partial charge in [-0.05, 0) is 30.9 Å². The van der Waals surface area contributed by atoms with Gasteiger partial charge in [-0.1, -0.05) is 30.3 Å². The maximum atomic E-state index is 12.2. The molecule has 3 atom stereocenters. The summed E-state index contributed by atoms with van der Waals surface area (Å²) < 4.78 is 5.29. The molecule has 2 rings (SSSR count). The van der Waals surface area contributed by atoms with Crippen LogP contribution in [0.3, 0.4) is 0 Å². The Kier molecular flexibility index (Phi) is 5.53. The van der Waals surface area contributed by atoms with Gasteiger partial charge in [0.2, 0.25) is 5.91 Å². The number of amides is 1. The summed E-state index contributed by atoms with van der Waals surface area (Å²) in [6.07, 6.45) is 5.15. The van der Waals surface area contributed by atoms with Gasteiger partial charge in [-0.3, -0.25) is 4.79 Å². The Morgan fingerprint density at radius 2 is 2.05 bits per heavy atom. The lowest BCUT2D eigenvalue weighted by Crippen LogP contribution is -2.51. The van der Waals surface area contributed by atoms with Crippen molar-refractivity contribution < 1.29 is 14.6 Å². The molecule has 1 aromatic rings. The van der Waals surface area contributed by atoms with Gasteiger partial charge in [0.1, 0.15) is 6.10 Å². The van der Waals surface area contributed by atoms with Gasteiger partial charge < -0.3 is 14.7 Å². The predicted octanol–water partition coefficient (Wildman–Crippen LogP) is 2.09. The number of aliphatic hydroxyl groups is 1. The van der Waals surface area contributed by atoms with Gasteiger partial charge >= 0.3 is 0 Å². The number of ether oxygens (including phenoxy) is 1. The fourth-order valence-corrected chi connectivity index (χ4v) is 2.81. The number of carbonyl (C=O) groups excluding carboxylic acids is 1. The van der Waals surface area contributed by atoms with Crippen LogP contribution in [0.15, 0.2) is 36.4 Å². The molecular weight excluding hydrogens is 266 g/mol. The Morgan fingerprint density at radius 1 is 1.33 bits per heavy atom. The molecular formula is C17H23NO3. The number of likely N-dealkylation sites (N-methyl/N-ethyl adjacent to an activating group) is 1. The summed E-state index contributed by atoms with van der Waals surface area (Å²) in [5.74, 6) is -0.0975. The third kappa shape index (κ3) is 3.93. The fourth-order valence-electron chi connectivity index (χ4n) is 2.81. The highest BCUT2D eigenvalue weighted by atomic mass is 16.5. The summed E-state index contributed by atoms with van der Waals surface area (Å²) in [7, 11) is 3.34. The monoisotopic (exact) mass is 289 g/mol. The summed E-state index contributed by atoms with van der Waals surface area (Å²) >= 11 is 0. The molecule has 114 valence electrons. The number of hydrogen-bond donors (Lipinski definition) is 1. The Morgan fingerprint density at radius 3 is 2.71 bits per heavy atom. The Hall–Kier alpha value is -1.65. The second-order valence-electron chi connectivity index (χ2n) is 5.46. The third-order valence-corrected chi connectivity index (χ3v) is 4.13. The van der Waals surface area contributed by atoms with Crippen molar-refractivity contribution in [2.45, 2.75) is 37.5 Å². The quantitative estimate of drug-likeness (QED) is 0.864. The molecule has 1 aliphatic rings. The predicted molar refractivity (Wildman–Crippen MR) is 82.7 cm³/mol. The van der Waals surface area contributed by atoms with Gasteiger partial charge in [0.05, 0.1) is 12.1 Å². The molecule has 1 N–H and O–H groups in total. The van der Waals surface area contributed by atoms with E-state index in [1.807, 2.05) is 30.3 Å². The van der Waals surface area contributed by atoms with Crippen molar-refractivity contribution in [2.75, 3.05) is 14.2 Å². The first-order valence-corrected chi connectivity index (χ1v) is 7.34. The Bertz CT molecular complexity index is 486. The van der Waals surface area contributed by atoms with Crippen molar-refractivity contribution in [3.05, 3.63) is 42.0 Å². The third-order valence-electron chi connectivity index (χ3n) is 4.13. The van der Waals surface area contributed by atoms with Crippen LogP contribution in [0.2, 0.25) is 0 Å². The van der Waals surface area contributed by atoms with Crippen molar-refractivity contribution in [1.29, 1.82) is 0 Å². The molecule has 0 bridgehead atoms. The molecule has 1 aromatic carbocycles. The standard InChI is InChI=1S/C17H23NO3/c1-18(14-9-6-10-15(21-2)17(14)20)16(19)12-11-13-7-4-3-5-8-13/h3-5,7-8,11-12,14-15,17,20H,6,9-10H2,1-2H3/b12-11+/t14-,15-,17-/m1/s1. The van der Waals surface area contributed by atoms with Crippen LogP contribution in [0.25, 0.3) is 6.08 Å². The molecule has 0 aromatic heterocycles. The van der Waals surface area contributed by atoms with Crippen molar-refractivity contribution in [2.24, 2.45) is 0 Å². The van der Waals surface area contributed by atoms with Crippen LogP contribution in [-0.4, -0.2) is 48.3 Å². The average molecular weight is 289 g/mol. The summed E-state index contributed by atoms with van der Waals surface area (Å²) in [5.41, 5.74) is 0.984. The second kappa shape index (κ2) is 7.38. The lowest BCUT2D eigenvalue weighted by Gasteiger charge is -2.38. The van der Waals surface area contributed by atoms with Crippen LogP contribution >= 0.6 is 0 Å². The topological polar surface area (TPSA) is 49.8 Å². The van der Waals surface area contributed by atoms with E-state index in [0.29, 0.717) is 0 Å². The van der Waals surface area contributed by atoms with Gasteiger partial charge in [-0.15, -0.1) is 0 Å². The number of methoxy groups -OCH3 is 1. The van der Waals surface area contributed by atoms with Crippen LogP contribution < -0.4 is 0 Å². The molecule has 21 heavy (non-hydrogen) atoms. The second-order valence-corrected chi connectivity index (χ2v) is 5.46. The molecule has 0 radical (unpaired) electrons. The Balaban J connectivity index is 2.00. The van der Waals surface area contributed by atoms with Crippen molar-refractivity contribution in [3.63, 3.8) is 0 Å². The minimum Gasteiger partial charge on any atom is -0.388 e. The lowest BCUT2D eigenvalue weighted by atomic mass is 9.89. The lowest BCUT2D eigenvalue weighted by molar-refractivity contribution is -0.135. The van der Waals surface area contributed by atoms with Crippen LogP contribution in [0.1, 0.15) is 24.8 Å². The highest BCUT2D eigenvalue weighted by Crippen LogP contribution is 2.25. The van der Waals surface area contributed by atoms with E-state index < -0.39 is 6.10 Å². The van der Waals surface area contributed by atoms with E-state index in [0.717, 1.165) is 24.8 Å². The number of hydrogen-bond acceptors (Lipinski definition) is 3. The van der Waals surface area contributed by atoms with E-state index in [1.165, 1.54) is 0 Å². The first-order valence-electron chi connectivity index (χ1n) is 7.34. The molecule has 0 aliphatic heterocycles. The molecule has 1 saturated carbocycles. The van der Waals surface area contributed by atoms with Gasteiger partial charge in [0, 0.05) is 20.2 Å². The average Bonchev–Trinajstić information content (AvgIpc) is 2.53. The van der Waals surface area contributed by atoms with Gasteiger partial charge in [0.25, 0.3) is 0 Å². The molecule has 4 heteroatoms. The van der Waals surface area contributed by atoms with Crippen LogP contribution in [-0.2, 0) is 9.53 Å². The summed E-state index contributed by atoms with van der Waals surface area (Å²) in [4.78, 5) is 13.9. The normalized spacial score (nSPS) is 26.0. The van der Waals surface area contributed by atoms with E-state index in [2.05, 4.69) is 0 Å².